The number of hydrogen-bond acceptors (Lipinski definition) is 4. The fourth-order valence-electron chi connectivity index (χ4n) is 2.30. The summed E-state index contributed by atoms with van der Waals surface area (Å²) in [7, 11) is 1.39. The van der Waals surface area contributed by atoms with Gasteiger partial charge in [-0.3, -0.25) is 9.69 Å². The zero-order chi connectivity index (χ0) is 15.1. The van der Waals surface area contributed by atoms with Gasteiger partial charge in [0.25, 0.3) is 0 Å². The van der Waals surface area contributed by atoms with Gasteiger partial charge >= 0.3 is 12.0 Å². The molecule has 0 atom stereocenters. The van der Waals surface area contributed by atoms with E-state index in [0.29, 0.717) is 19.6 Å². The number of urea groups is 1. The van der Waals surface area contributed by atoms with Gasteiger partial charge in [-0.15, -0.1) is 0 Å². The molecule has 2 amide bonds. The van der Waals surface area contributed by atoms with Crippen LogP contribution in [0.1, 0.15) is 6.42 Å². The summed E-state index contributed by atoms with van der Waals surface area (Å²) in [4.78, 5) is 27.3. The summed E-state index contributed by atoms with van der Waals surface area (Å²) >= 11 is 0. The van der Waals surface area contributed by atoms with E-state index in [4.69, 9.17) is 0 Å². The Morgan fingerprint density at radius 1 is 1.14 bits per heavy atom. The van der Waals surface area contributed by atoms with E-state index in [9.17, 15) is 9.59 Å². The maximum absolute atomic E-state index is 12.2. The third-order valence-electron chi connectivity index (χ3n) is 3.48. The fraction of sp³-hybridized carbons (Fsp3) is 0.467. The number of hydrogen-bond donors (Lipinski definition) is 1. The number of para-hydroxylation sites is 1. The molecule has 1 aliphatic rings. The molecule has 0 aliphatic carbocycles. The molecule has 0 aromatic heterocycles. The molecule has 114 valence electrons. The van der Waals surface area contributed by atoms with Gasteiger partial charge in [-0.05, 0) is 18.6 Å². The predicted molar refractivity (Wildman–Crippen MR) is 80.1 cm³/mol. The molecule has 0 bridgehead atoms. The lowest BCUT2D eigenvalue weighted by atomic mass is 10.3. The van der Waals surface area contributed by atoms with Crippen molar-refractivity contribution in [3.8, 4) is 0 Å². The topological polar surface area (TPSA) is 61.9 Å². The molecule has 1 heterocycles. The summed E-state index contributed by atoms with van der Waals surface area (Å²) in [5.74, 6) is -0.239. The Morgan fingerprint density at radius 2 is 1.90 bits per heavy atom. The lowest BCUT2D eigenvalue weighted by Gasteiger charge is -2.21. The third kappa shape index (κ3) is 4.75. The molecule has 1 aliphatic heterocycles. The summed E-state index contributed by atoms with van der Waals surface area (Å²) in [6.07, 6.45) is 0.846. The van der Waals surface area contributed by atoms with Crippen molar-refractivity contribution in [2.75, 3.05) is 45.2 Å². The van der Waals surface area contributed by atoms with Crippen molar-refractivity contribution in [3.05, 3.63) is 30.3 Å². The summed E-state index contributed by atoms with van der Waals surface area (Å²) in [6, 6.07) is 9.30. The molecule has 6 heteroatoms. The number of amides is 2. The van der Waals surface area contributed by atoms with Crippen LogP contribution >= 0.6 is 0 Å². The minimum Gasteiger partial charge on any atom is -0.468 e. The van der Waals surface area contributed by atoms with Gasteiger partial charge in [-0.25, -0.2) is 4.79 Å². The molecule has 0 spiro atoms. The molecule has 21 heavy (non-hydrogen) atoms. The van der Waals surface area contributed by atoms with Crippen molar-refractivity contribution in [3.63, 3.8) is 0 Å². The SMILES string of the molecule is COC(=O)CN1CCCN(C(=O)Nc2ccccc2)CC1. The molecule has 1 fully saturated rings. The molecule has 1 aromatic carbocycles. The van der Waals surface area contributed by atoms with E-state index in [1.54, 1.807) is 4.90 Å². The van der Waals surface area contributed by atoms with E-state index in [-0.39, 0.29) is 18.5 Å². The van der Waals surface area contributed by atoms with Gasteiger partial charge in [0.1, 0.15) is 0 Å². The van der Waals surface area contributed by atoms with Gasteiger partial charge in [-0.1, -0.05) is 18.2 Å². The first-order valence-electron chi connectivity index (χ1n) is 7.09. The highest BCUT2D eigenvalue weighted by molar-refractivity contribution is 5.89. The average molecular weight is 291 g/mol. The third-order valence-corrected chi connectivity index (χ3v) is 3.48. The van der Waals surface area contributed by atoms with E-state index in [2.05, 4.69) is 10.1 Å². The molecule has 1 N–H and O–H groups in total. The Morgan fingerprint density at radius 3 is 2.62 bits per heavy atom. The Labute approximate surface area is 124 Å². The average Bonchev–Trinajstić information content (AvgIpc) is 2.74. The first-order valence-corrected chi connectivity index (χ1v) is 7.09. The zero-order valence-corrected chi connectivity index (χ0v) is 12.2. The standard InChI is InChI=1S/C15H21N3O3/c1-21-14(19)12-17-8-5-9-18(11-10-17)15(20)16-13-6-3-2-4-7-13/h2-4,6-7H,5,8-12H2,1H3,(H,16,20). The van der Waals surface area contributed by atoms with Crippen molar-refractivity contribution < 1.29 is 14.3 Å². The second-order valence-corrected chi connectivity index (χ2v) is 4.99. The number of anilines is 1. The smallest absolute Gasteiger partial charge is 0.321 e. The van der Waals surface area contributed by atoms with Crippen molar-refractivity contribution in [1.29, 1.82) is 0 Å². The van der Waals surface area contributed by atoms with Crippen LogP contribution < -0.4 is 5.32 Å². The summed E-state index contributed by atoms with van der Waals surface area (Å²) in [5.41, 5.74) is 0.790. The Bertz CT molecular complexity index is 478. The number of esters is 1. The number of benzene rings is 1. The first kappa shape index (κ1) is 15.3. The van der Waals surface area contributed by atoms with Gasteiger partial charge < -0.3 is 15.0 Å². The van der Waals surface area contributed by atoms with Crippen LogP contribution in [0.4, 0.5) is 10.5 Å². The van der Waals surface area contributed by atoms with Crippen molar-refractivity contribution in [2.45, 2.75) is 6.42 Å². The minimum atomic E-state index is -0.239. The van der Waals surface area contributed by atoms with Crippen LogP contribution in [0.3, 0.4) is 0 Å². The number of rotatable bonds is 3. The Hall–Kier alpha value is -2.08. The van der Waals surface area contributed by atoms with E-state index in [0.717, 1.165) is 18.7 Å². The maximum Gasteiger partial charge on any atom is 0.321 e. The largest absolute Gasteiger partial charge is 0.468 e. The Balaban J connectivity index is 1.84. The van der Waals surface area contributed by atoms with Crippen LogP contribution in [0.5, 0.6) is 0 Å². The minimum absolute atomic E-state index is 0.0962. The molecule has 1 aromatic rings. The molecule has 6 nitrogen and oxygen atoms in total. The number of nitrogens with zero attached hydrogens (tertiary/aromatic N) is 2. The molecule has 0 unspecified atom stereocenters. The van der Waals surface area contributed by atoms with Crippen molar-refractivity contribution in [1.82, 2.24) is 9.80 Å². The summed E-state index contributed by atoms with van der Waals surface area (Å²) in [6.45, 7) is 3.05. The molecule has 2 rings (SSSR count). The number of methoxy groups -OCH3 is 1. The van der Waals surface area contributed by atoms with Gasteiger partial charge in [-0.2, -0.15) is 0 Å². The van der Waals surface area contributed by atoms with Gasteiger partial charge in [0.15, 0.2) is 0 Å². The number of carbonyl (C=O) groups is 2. The summed E-state index contributed by atoms with van der Waals surface area (Å²) < 4.78 is 4.67. The van der Waals surface area contributed by atoms with Crippen LogP contribution in [0.2, 0.25) is 0 Å². The second-order valence-electron chi connectivity index (χ2n) is 4.99. The predicted octanol–water partition coefficient (Wildman–Crippen LogP) is 1.40. The number of carbonyl (C=O) groups excluding carboxylic acids is 2. The fourth-order valence-corrected chi connectivity index (χ4v) is 2.30. The highest BCUT2D eigenvalue weighted by atomic mass is 16.5. The van der Waals surface area contributed by atoms with E-state index in [1.165, 1.54) is 7.11 Å². The van der Waals surface area contributed by atoms with Crippen LogP contribution in [-0.2, 0) is 9.53 Å². The lowest BCUT2D eigenvalue weighted by molar-refractivity contribution is -0.141. The van der Waals surface area contributed by atoms with Crippen LogP contribution in [0.25, 0.3) is 0 Å². The van der Waals surface area contributed by atoms with Gasteiger partial charge in [0, 0.05) is 31.9 Å². The highest BCUT2D eigenvalue weighted by Crippen LogP contribution is 2.09. The zero-order valence-electron chi connectivity index (χ0n) is 12.2. The van der Waals surface area contributed by atoms with Crippen LogP contribution in [-0.4, -0.2) is 61.6 Å². The van der Waals surface area contributed by atoms with E-state index < -0.39 is 0 Å². The highest BCUT2D eigenvalue weighted by Gasteiger charge is 2.20. The molecular formula is C15H21N3O3. The van der Waals surface area contributed by atoms with Crippen molar-refractivity contribution >= 4 is 17.7 Å². The quantitative estimate of drug-likeness (QED) is 0.855. The molecule has 1 saturated heterocycles. The number of nitrogens with one attached hydrogen (secondary N) is 1. The monoisotopic (exact) mass is 291 g/mol. The van der Waals surface area contributed by atoms with Gasteiger partial charge in [0.05, 0.1) is 13.7 Å². The molecule has 0 radical (unpaired) electrons. The van der Waals surface area contributed by atoms with E-state index in [1.807, 2.05) is 35.2 Å². The maximum atomic E-state index is 12.2. The van der Waals surface area contributed by atoms with Gasteiger partial charge in [0.2, 0.25) is 0 Å². The van der Waals surface area contributed by atoms with Crippen LogP contribution in [0, 0.1) is 0 Å². The first-order chi connectivity index (χ1) is 10.2. The van der Waals surface area contributed by atoms with E-state index >= 15 is 0 Å². The van der Waals surface area contributed by atoms with Crippen LogP contribution in [0.15, 0.2) is 30.3 Å². The summed E-state index contributed by atoms with van der Waals surface area (Å²) in [5, 5.41) is 2.88. The Kier molecular flexibility index (Phi) is 5.57. The van der Waals surface area contributed by atoms with Crippen molar-refractivity contribution in [2.24, 2.45) is 0 Å². The number of ether oxygens (including phenoxy) is 1. The molecular weight excluding hydrogens is 270 g/mol. The normalized spacial score (nSPS) is 16.1. The lowest BCUT2D eigenvalue weighted by Crippen LogP contribution is -2.39. The second kappa shape index (κ2) is 7.64. The molecule has 0 saturated carbocycles.